The van der Waals surface area contributed by atoms with Gasteiger partial charge in [0.2, 0.25) is 0 Å². The average Bonchev–Trinajstić information content (AvgIpc) is 2.19. The molecule has 2 rings (SSSR count). The summed E-state index contributed by atoms with van der Waals surface area (Å²) < 4.78 is 0. The molecule has 2 heteroatoms. The third-order valence-electron chi connectivity index (χ3n) is 4.33. The van der Waals surface area contributed by atoms with Crippen molar-refractivity contribution in [1.29, 1.82) is 0 Å². The molecule has 0 aromatic carbocycles. The summed E-state index contributed by atoms with van der Waals surface area (Å²) in [5.41, 5.74) is 0. The molecule has 1 heterocycles. The predicted octanol–water partition coefficient (Wildman–Crippen LogP) is 2.20. The Labute approximate surface area is 94.6 Å². The van der Waals surface area contributed by atoms with Gasteiger partial charge in [-0.2, -0.15) is 0 Å². The fraction of sp³-hybridized carbons (Fsp3) is 1.00. The summed E-state index contributed by atoms with van der Waals surface area (Å²) in [4.78, 5) is 5.20. The van der Waals surface area contributed by atoms with Crippen LogP contribution in [0.2, 0.25) is 0 Å². The van der Waals surface area contributed by atoms with Crippen LogP contribution >= 0.6 is 0 Å². The van der Waals surface area contributed by atoms with E-state index in [4.69, 9.17) is 0 Å². The molecule has 2 nitrogen and oxygen atoms in total. The molecule has 15 heavy (non-hydrogen) atoms. The van der Waals surface area contributed by atoms with Gasteiger partial charge in [0, 0.05) is 25.2 Å². The van der Waals surface area contributed by atoms with Gasteiger partial charge in [-0.3, -0.25) is 4.90 Å². The van der Waals surface area contributed by atoms with Gasteiger partial charge in [-0.05, 0) is 45.2 Å². The lowest BCUT2D eigenvalue weighted by Gasteiger charge is -2.48. The Morgan fingerprint density at radius 3 is 2.13 bits per heavy atom. The van der Waals surface area contributed by atoms with Crippen molar-refractivity contribution in [2.75, 3.05) is 26.7 Å². The lowest BCUT2D eigenvalue weighted by molar-refractivity contribution is 0.0112. The molecule has 0 bridgehead atoms. The third kappa shape index (κ3) is 2.54. The van der Waals surface area contributed by atoms with Crippen LogP contribution in [0.4, 0.5) is 0 Å². The maximum Gasteiger partial charge on any atom is 0.0353 e. The summed E-state index contributed by atoms with van der Waals surface area (Å²) >= 11 is 0. The zero-order valence-electron chi connectivity index (χ0n) is 10.6. The first kappa shape index (κ1) is 11.4. The van der Waals surface area contributed by atoms with E-state index in [1.807, 2.05) is 0 Å². The van der Waals surface area contributed by atoms with E-state index in [-0.39, 0.29) is 0 Å². The summed E-state index contributed by atoms with van der Waals surface area (Å²) in [6.45, 7) is 8.57. The van der Waals surface area contributed by atoms with Crippen molar-refractivity contribution in [3.63, 3.8) is 0 Å². The highest BCUT2D eigenvalue weighted by Crippen LogP contribution is 2.29. The van der Waals surface area contributed by atoms with Gasteiger partial charge in [0.05, 0.1) is 0 Å². The first-order chi connectivity index (χ1) is 7.20. The molecule has 0 radical (unpaired) electrons. The summed E-state index contributed by atoms with van der Waals surface area (Å²) in [5, 5.41) is 0. The summed E-state index contributed by atoms with van der Waals surface area (Å²) in [6, 6.07) is 1.75. The van der Waals surface area contributed by atoms with Crippen molar-refractivity contribution in [2.24, 2.45) is 5.92 Å². The normalized spacial score (nSPS) is 34.4. The SMILES string of the molecule is CCN(C1CCC(C)CC1)C1CN(C)C1. The highest BCUT2D eigenvalue weighted by molar-refractivity contribution is 4.90. The minimum Gasteiger partial charge on any atom is -0.303 e. The number of rotatable bonds is 3. The molecular formula is C13H26N2. The summed E-state index contributed by atoms with van der Waals surface area (Å²) in [6.07, 6.45) is 5.78. The van der Waals surface area contributed by atoms with Gasteiger partial charge in [0.1, 0.15) is 0 Å². The van der Waals surface area contributed by atoms with Gasteiger partial charge in [-0.25, -0.2) is 0 Å². The van der Waals surface area contributed by atoms with Crippen molar-refractivity contribution >= 4 is 0 Å². The van der Waals surface area contributed by atoms with E-state index in [1.54, 1.807) is 0 Å². The summed E-state index contributed by atoms with van der Waals surface area (Å²) in [7, 11) is 2.23. The molecule has 1 aliphatic carbocycles. The van der Waals surface area contributed by atoms with Gasteiger partial charge in [0.15, 0.2) is 0 Å². The highest BCUT2D eigenvalue weighted by Gasteiger charge is 2.33. The molecule has 0 aromatic heterocycles. The summed E-state index contributed by atoms with van der Waals surface area (Å²) in [5.74, 6) is 0.976. The highest BCUT2D eigenvalue weighted by atomic mass is 15.3. The van der Waals surface area contributed by atoms with E-state index in [0.29, 0.717) is 0 Å². The van der Waals surface area contributed by atoms with Crippen LogP contribution in [0.15, 0.2) is 0 Å². The van der Waals surface area contributed by atoms with Crippen LogP contribution in [-0.4, -0.2) is 48.6 Å². The maximum atomic E-state index is 2.77. The fourth-order valence-corrected chi connectivity index (χ4v) is 3.26. The molecule has 0 spiro atoms. The molecule has 0 amide bonds. The number of hydrogen-bond donors (Lipinski definition) is 0. The van der Waals surface area contributed by atoms with Gasteiger partial charge >= 0.3 is 0 Å². The van der Waals surface area contributed by atoms with E-state index in [0.717, 1.165) is 18.0 Å². The number of hydrogen-bond acceptors (Lipinski definition) is 2. The number of likely N-dealkylation sites (tertiary alicyclic amines) is 1. The molecule has 1 saturated heterocycles. The van der Waals surface area contributed by atoms with Gasteiger partial charge in [0.25, 0.3) is 0 Å². The maximum absolute atomic E-state index is 2.77. The monoisotopic (exact) mass is 210 g/mol. The van der Waals surface area contributed by atoms with Crippen LogP contribution < -0.4 is 0 Å². The first-order valence-corrected chi connectivity index (χ1v) is 6.65. The van der Waals surface area contributed by atoms with Crippen LogP contribution in [-0.2, 0) is 0 Å². The Balaban J connectivity index is 1.84. The Hall–Kier alpha value is -0.0800. The van der Waals surface area contributed by atoms with Crippen molar-refractivity contribution in [3.05, 3.63) is 0 Å². The molecule has 1 aliphatic heterocycles. The lowest BCUT2D eigenvalue weighted by Crippen LogP contribution is -2.60. The second kappa shape index (κ2) is 4.84. The van der Waals surface area contributed by atoms with Crippen molar-refractivity contribution < 1.29 is 0 Å². The van der Waals surface area contributed by atoms with Crippen LogP contribution in [0.25, 0.3) is 0 Å². The van der Waals surface area contributed by atoms with Crippen LogP contribution in [0.1, 0.15) is 39.5 Å². The van der Waals surface area contributed by atoms with Gasteiger partial charge < -0.3 is 4.90 Å². The van der Waals surface area contributed by atoms with E-state index in [2.05, 4.69) is 30.7 Å². The smallest absolute Gasteiger partial charge is 0.0353 e. The molecular weight excluding hydrogens is 184 g/mol. The molecule has 0 aromatic rings. The minimum atomic E-state index is 0.860. The molecule has 0 unspecified atom stereocenters. The number of nitrogens with zero attached hydrogens (tertiary/aromatic N) is 2. The number of likely N-dealkylation sites (N-methyl/N-ethyl adjacent to an activating group) is 2. The van der Waals surface area contributed by atoms with Crippen molar-refractivity contribution in [3.8, 4) is 0 Å². The van der Waals surface area contributed by atoms with Crippen LogP contribution in [0.3, 0.4) is 0 Å². The molecule has 2 aliphatic rings. The molecule has 0 N–H and O–H groups in total. The van der Waals surface area contributed by atoms with Gasteiger partial charge in [-0.15, -0.1) is 0 Å². The zero-order chi connectivity index (χ0) is 10.8. The third-order valence-corrected chi connectivity index (χ3v) is 4.33. The van der Waals surface area contributed by atoms with E-state index >= 15 is 0 Å². The molecule has 2 fully saturated rings. The zero-order valence-corrected chi connectivity index (χ0v) is 10.6. The van der Waals surface area contributed by atoms with Gasteiger partial charge in [-0.1, -0.05) is 13.8 Å². The van der Waals surface area contributed by atoms with Crippen LogP contribution in [0.5, 0.6) is 0 Å². The van der Waals surface area contributed by atoms with Crippen LogP contribution in [0, 0.1) is 5.92 Å². The molecule has 1 saturated carbocycles. The lowest BCUT2D eigenvalue weighted by atomic mass is 9.85. The molecule has 0 atom stereocenters. The second-order valence-electron chi connectivity index (χ2n) is 5.62. The Morgan fingerprint density at radius 1 is 1.07 bits per heavy atom. The minimum absolute atomic E-state index is 0.860. The Morgan fingerprint density at radius 2 is 1.67 bits per heavy atom. The molecule has 88 valence electrons. The second-order valence-corrected chi connectivity index (χ2v) is 5.62. The first-order valence-electron chi connectivity index (χ1n) is 6.65. The quantitative estimate of drug-likeness (QED) is 0.704. The van der Waals surface area contributed by atoms with E-state index in [9.17, 15) is 0 Å². The average molecular weight is 210 g/mol. The topological polar surface area (TPSA) is 6.48 Å². The standard InChI is InChI=1S/C13H26N2/c1-4-15(13-9-14(3)10-13)12-7-5-11(2)6-8-12/h11-13H,4-10H2,1-3H3. The van der Waals surface area contributed by atoms with E-state index < -0.39 is 0 Å². The van der Waals surface area contributed by atoms with Crippen molar-refractivity contribution in [2.45, 2.75) is 51.6 Å². The fourth-order valence-electron chi connectivity index (χ4n) is 3.26. The van der Waals surface area contributed by atoms with E-state index in [1.165, 1.54) is 45.3 Å². The Bertz CT molecular complexity index is 191. The van der Waals surface area contributed by atoms with Crippen molar-refractivity contribution in [1.82, 2.24) is 9.80 Å². The predicted molar refractivity (Wildman–Crippen MR) is 65.1 cm³/mol. The largest absolute Gasteiger partial charge is 0.303 e. The Kier molecular flexibility index (Phi) is 3.68.